The minimum Gasteiger partial charge on any atom is -0.497 e. The highest BCUT2D eigenvalue weighted by Crippen LogP contribution is 2.39. The van der Waals surface area contributed by atoms with Crippen LogP contribution in [0.2, 0.25) is 0 Å². The molecule has 0 radical (unpaired) electrons. The molecule has 0 N–H and O–H groups in total. The second-order valence-electron chi connectivity index (χ2n) is 8.84. The summed E-state index contributed by atoms with van der Waals surface area (Å²) in [5, 5.41) is 1.79. The van der Waals surface area contributed by atoms with Gasteiger partial charge in [0.05, 0.1) is 18.2 Å². The van der Waals surface area contributed by atoms with Crippen LogP contribution in [0.15, 0.2) is 121 Å². The number of ketones is 2. The summed E-state index contributed by atoms with van der Waals surface area (Å²) in [6, 6.07) is 35.8. The molecule has 6 rings (SSSR count). The van der Waals surface area contributed by atoms with Gasteiger partial charge in [-0.1, -0.05) is 91.0 Å². The van der Waals surface area contributed by atoms with Crippen LogP contribution in [-0.2, 0) is 0 Å². The summed E-state index contributed by atoms with van der Waals surface area (Å²) in [6.07, 6.45) is 1.88. The summed E-state index contributed by atoms with van der Waals surface area (Å²) in [6.45, 7) is 0. The second-order valence-corrected chi connectivity index (χ2v) is 8.84. The zero-order chi connectivity index (χ0) is 25.4. The zero-order valence-electron chi connectivity index (χ0n) is 20.2. The summed E-state index contributed by atoms with van der Waals surface area (Å²) in [5.74, 6) is 0.449. The normalized spacial score (nSPS) is 11.1. The molecule has 0 unspecified atom stereocenters. The van der Waals surface area contributed by atoms with Crippen LogP contribution in [0.4, 0.5) is 0 Å². The molecule has 0 saturated carbocycles. The molecule has 0 aliphatic rings. The summed E-state index contributed by atoms with van der Waals surface area (Å²) in [7, 11) is 1.63. The van der Waals surface area contributed by atoms with Crippen molar-refractivity contribution in [3.63, 3.8) is 0 Å². The van der Waals surface area contributed by atoms with Crippen molar-refractivity contribution in [1.29, 1.82) is 0 Å². The third kappa shape index (κ3) is 3.80. The largest absolute Gasteiger partial charge is 0.497 e. The number of rotatable bonds is 6. The Bertz CT molecular complexity index is 1770. The van der Waals surface area contributed by atoms with Gasteiger partial charge in [-0.15, -0.1) is 0 Å². The smallest absolute Gasteiger partial charge is 0.210 e. The van der Waals surface area contributed by atoms with Gasteiger partial charge in [-0.25, -0.2) is 0 Å². The number of hydrogen-bond donors (Lipinski definition) is 0. The number of carbonyl (C=O) groups excluding carboxylic acids is 2. The van der Waals surface area contributed by atoms with Crippen molar-refractivity contribution in [3.05, 3.63) is 144 Å². The Morgan fingerprint density at radius 2 is 1.27 bits per heavy atom. The Hall–Kier alpha value is -4.96. The van der Waals surface area contributed by atoms with Gasteiger partial charge in [0.25, 0.3) is 0 Å². The van der Waals surface area contributed by atoms with Crippen molar-refractivity contribution < 1.29 is 14.3 Å². The molecule has 0 atom stereocenters. The Kier molecular flexibility index (Phi) is 5.62. The first-order valence-electron chi connectivity index (χ1n) is 12.1. The molecule has 2 heterocycles. The van der Waals surface area contributed by atoms with Gasteiger partial charge < -0.3 is 9.14 Å². The maximum Gasteiger partial charge on any atom is 0.210 e. The number of fused-ring (bicyclic) bond motifs is 3. The van der Waals surface area contributed by atoms with Crippen molar-refractivity contribution >= 4 is 27.9 Å². The van der Waals surface area contributed by atoms with E-state index in [1.165, 1.54) is 0 Å². The Morgan fingerprint density at radius 3 is 1.89 bits per heavy atom. The van der Waals surface area contributed by atoms with Gasteiger partial charge in [-0.2, -0.15) is 0 Å². The minimum absolute atomic E-state index is 0.132. The summed E-state index contributed by atoms with van der Waals surface area (Å²) in [5.41, 5.74) is 4.24. The fraction of sp³-hybridized carbons (Fsp3) is 0.0303. The van der Waals surface area contributed by atoms with E-state index in [2.05, 4.69) is 0 Å². The fourth-order valence-electron chi connectivity index (χ4n) is 4.97. The lowest BCUT2D eigenvalue weighted by Crippen LogP contribution is -2.07. The van der Waals surface area contributed by atoms with Gasteiger partial charge in [0.15, 0.2) is 5.78 Å². The van der Waals surface area contributed by atoms with E-state index >= 15 is 0 Å². The Morgan fingerprint density at radius 1 is 0.676 bits per heavy atom. The first-order chi connectivity index (χ1) is 18.2. The van der Waals surface area contributed by atoms with Gasteiger partial charge in [-0.05, 0) is 35.2 Å². The number of carbonyl (C=O) groups is 2. The van der Waals surface area contributed by atoms with E-state index < -0.39 is 0 Å². The molecule has 37 heavy (non-hydrogen) atoms. The Balaban J connectivity index is 1.79. The lowest BCUT2D eigenvalue weighted by Gasteiger charge is -2.08. The van der Waals surface area contributed by atoms with Gasteiger partial charge in [0, 0.05) is 28.3 Å². The van der Waals surface area contributed by atoms with E-state index in [1.54, 1.807) is 19.2 Å². The number of methoxy groups -OCH3 is 1. The third-order valence-corrected chi connectivity index (χ3v) is 6.70. The fourth-order valence-corrected chi connectivity index (χ4v) is 4.97. The number of aromatic nitrogens is 1. The molecule has 0 saturated heterocycles. The number of nitrogens with zero attached hydrogens (tertiary/aromatic N) is 1. The summed E-state index contributed by atoms with van der Waals surface area (Å²) in [4.78, 5) is 28.4. The van der Waals surface area contributed by atoms with Crippen molar-refractivity contribution in [1.82, 2.24) is 4.40 Å². The predicted molar refractivity (Wildman–Crippen MR) is 147 cm³/mol. The average Bonchev–Trinajstić information content (AvgIpc) is 3.33. The van der Waals surface area contributed by atoms with Crippen molar-refractivity contribution in [2.75, 3.05) is 7.11 Å². The van der Waals surface area contributed by atoms with Crippen molar-refractivity contribution in [2.45, 2.75) is 0 Å². The number of benzene rings is 4. The van der Waals surface area contributed by atoms with E-state index in [0.717, 1.165) is 22.1 Å². The molecule has 178 valence electrons. The molecule has 0 bridgehead atoms. The molecule has 0 amide bonds. The molecule has 4 heteroatoms. The van der Waals surface area contributed by atoms with Gasteiger partial charge in [0.2, 0.25) is 5.78 Å². The standard InChI is InChI=1S/C33H23NO3/c1-37-26-17-18-27-25(21-26)19-20-34-30(27)29(32(35)23-13-7-3-8-14-23)28(22-11-5-2-6-12-22)31(34)33(36)24-15-9-4-10-16-24/h2-21H,1H3. The lowest BCUT2D eigenvalue weighted by molar-refractivity contribution is 0.103. The Labute approximate surface area is 214 Å². The van der Waals surface area contributed by atoms with E-state index in [0.29, 0.717) is 33.5 Å². The van der Waals surface area contributed by atoms with Crippen molar-refractivity contribution in [2.24, 2.45) is 0 Å². The van der Waals surface area contributed by atoms with Crippen LogP contribution in [0.5, 0.6) is 5.75 Å². The monoisotopic (exact) mass is 481 g/mol. The number of pyridine rings is 1. The summed E-state index contributed by atoms with van der Waals surface area (Å²) < 4.78 is 7.33. The highest BCUT2D eigenvalue weighted by Gasteiger charge is 2.30. The van der Waals surface area contributed by atoms with Crippen LogP contribution in [0.1, 0.15) is 32.0 Å². The summed E-state index contributed by atoms with van der Waals surface area (Å²) >= 11 is 0. The van der Waals surface area contributed by atoms with Crippen LogP contribution in [-0.4, -0.2) is 23.1 Å². The second kappa shape index (κ2) is 9.25. The predicted octanol–water partition coefficient (Wildman–Crippen LogP) is 7.23. The van der Waals surface area contributed by atoms with E-state index in [9.17, 15) is 9.59 Å². The quantitative estimate of drug-likeness (QED) is 0.236. The highest BCUT2D eigenvalue weighted by atomic mass is 16.5. The lowest BCUT2D eigenvalue weighted by atomic mass is 9.92. The zero-order valence-corrected chi connectivity index (χ0v) is 20.2. The van der Waals surface area contributed by atoms with Crippen LogP contribution in [0.3, 0.4) is 0 Å². The van der Waals surface area contributed by atoms with E-state index in [-0.39, 0.29) is 11.6 Å². The maximum atomic E-state index is 14.2. The third-order valence-electron chi connectivity index (χ3n) is 6.70. The molecule has 4 aromatic carbocycles. The first-order valence-corrected chi connectivity index (χ1v) is 12.1. The number of ether oxygens (including phenoxy) is 1. The molecular formula is C33H23NO3. The van der Waals surface area contributed by atoms with Crippen LogP contribution in [0.25, 0.3) is 27.4 Å². The molecule has 6 aromatic rings. The molecule has 0 fully saturated rings. The number of hydrogen-bond acceptors (Lipinski definition) is 3. The minimum atomic E-state index is -0.144. The first kappa shape index (κ1) is 22.5. The highest BCUT2D eigenvalue weighted by molar-refractivity contribution is 6.26. The molecule has 0 spiro atoms. The average molecular weight is 482 g/mol. The van der Waals surface area contributed by atoms with Gasteiger partial charge >= 0.3 is 0 Å². The van der Waals surface area contributed by atoms with E-state index in [4.69, 9.17) is 4.74 Å². The van der Waals surface area contributed by atoms with E-state index in [1.807, 2.05) is 114 Å². The molecule has 0 aliphatic carbocycles. The molecule has 4 nitrogen and oxygen atoms in total. The molecular weight excluding hydrogens is 458 g/mol. The van der Waals surface area contributed by atoms with Crippen molar-refractivity contribution in [3.8, 4) is 16.9 Å². The van der Waals surface area contributed by atoms with Crippen LogP contribution >= 0.6 is 0 Å². The topological polar surface area (TPSA) is 47.8 Å². The SMILES string of the molecule is COc1ccc2c(ccn3c(C(=O)c4ccccc4)c(-c4ccccc4)c(C(=O)c4ccccc4)c23)c1. The maximum absolute atomic E-state index is 14.2. The van der Waals surface area contributed by atoms with Gasteiger partial charge in [0.1, 0.15) is 11.4 Å². The van der Waals surface area contributed by atoms with Crippen LogP contribution in [0, 0.1) is 0 Å². The molecule has 0 aliphatic heterocycles. The van der Waals surface area contributed by atoms with Gasteiger partial charge in [-0.3, -0.25) is 9.59 Å². The van der Waals surface area contributed by atoms with Crippen LogP contribution < -0.4 is 4.74 Å². The molecule has 2 aromatic heterocycles.